The van der Waals surface area contributed by atoms with Gasteiger partial charge < -0.3 is 10.2 Å². The van der Waals surface area contributed by atoms with Gasteiger partial charge in [0.25, 0.3) is 0 Å². The van der Waals surface area contributed by atoms with Gasteiger partial charge in [-0.25, -0.2) is 0 Å². The van der Waals surface area contributed by atoms with Crippen molar-refractivity contribution in [2.24, 2.45) is 5.92 Å². The summed E-state index contributed by atoms with van der Waals surface area (Å²) in [6, 6.07) is 9.69. The molecule has 0 saturated carbocycles. The zero-order valence-corrected chi connectivity index (χ0v) is 12.7. The minimum absolute atomic E-state index is 0.499. The summed E-state index contributed by atoms with van der Waals surface area (Å²) in [6.07, 6.45) is 3.86. The lowest BCUT2D eigenvalue weighted by atomic mass is 9.99. The molecule has 19 heavy (non-hydrogen) atoms. The number of rotatable bonds is 5. The van der Waals surface area contributed by atoms with E-state index in [9.17, 15) is 0 Å². The van der Waals surface area contributed by atoms with Gasteiger partial charge in [0, 0.05) is 24.8 Å². The Morgan fingerprint density at radius 1 is 1.26 bits per heavy atom. The summed E-state index contributed by atoms with van der Waals surface area (Å²) in [5.74, 6) is 0.832. The second kappa shape index (κ2) is 6.95. The maximum Gasteiger partial charge on any atom is 0.0366 e. The molecule has 1 aromatic carbocycles. The highest BCUT2D eigenvalue weighted by Crippen LogP contribution is 2.25. The summed E-state index contributed by atoms with van der Waals surface area (Å²) >= 11 is 0. The van der Waals surface area contributed by atoms with Gasteiger partial charge in [-0.3, -0.25) is 0 Å². The maximum atomic E-state index is 3.54. The first-order valence-electron chi connectivity index (χ1n) is 7.82. The second-order valence-corrected chi connectivity index (χ2v) is 5.80. The lowest BCUT2D eigenvalue weighted by Gasteiger charge is -2.33. The standard InChI is InChI=1S/C17H28N2/c1-4-17(18-5-2)15-8-10-16(11-9-15)19-12-6-7-14(3)13-19/h8-11,14,17-18H,4-7,12-13H2,1-3H3. The maximum absolute atomic E-state index is 3.54. The van der Waals surface area contributed by atoms with E-state index in [1.54, 1.807) is 0 Å². The van der Waals surface area contributed by atoms with Crippen molar-refractivity contribution in [2.45, 2.75) is 46.1 Å². The minimum Gasteiger partial charge on any atom is -0.371 e. The van der Waals surface area contributed by atoms with Crippen LogP contribution < -0.4 is 10.2 Å². The van der Waals surface area contributed by atoms with E-state index in [4.69, 9.17) is 0 Å². The van der Waals surface area contributed by atoms with Crippen LogP contribution in [0, 0.1) is 5.92 Å². The Morgan fingerprint density at radius 2 is 2.00 bits per heavy atom. The van der Waals surface area contributed by atoms with Gasteiger partial charge in [-0.2, -0.15) is 0 Å². The number of hydrogen-bond donors (Lipinski definition) is 1. The molecule has 0 spiro atoms. The van der Waals surface area contributed by atoms with Crippen LogP contribution in [-0.2, 0) is 0 Å². The van der Waals surface area contributed by atoms with Crippen molar-refractivity contribution in [3.63, 3.8) is 0 Å². The number of piperidine rings is 1. The van der Waals surface area contributed by atoms with Crippen molar-refractivity contribution < 1.29 is 0 Å². The van der Waals surface area contributed by atoms with E-state index >= 15 is 0 Å². The number of anilines is 1. The van der Waals surface area contributed by atoms with E-state index in [-0.39, 0.29) is 0 Å². The molecule has 1 heterocycles. The molecule has 0 aromatic heterocycles. The fraction of sp³-hybridized carbons (Fsp3) is 0.647. The van der Waals surface area contributed by atoms with Crippen LogP contribution in [-0.4, -0.2) is 19.6 Å². The predicted molar refractivity (Wildman–Crippen MR) is 83.8 cm³/mol. The average molecular weight is 260 g/mol. The van der Waals surface area contributed by atoms with Crippen LogP contribution in [0.25, 0.3) is 0 Å². The van der Waals surface area contributed by atoms with E-state index in [0.29, 0.717) is 6.04 Å². The van der Waals surface area contributed by atoms with Crippen LogP contribution in [0.15, 0.2) is 24.3 Å². The zero-order chi connectivity index (χ0) is 13.7. The molecule has 0 bridgehead atoms. The molecule has 106 valence electrons. The Kier molecular flexibility index (Phi) is 5.26. The van der Waals surface area contributed by atoms with Gasteiger partial charge in [-0.1, -0.05) is 32.9 Å². The van der Waals surface area contributed by atoms with E-state index < -0.39 is 0 Å². The number of benzene rings is 1. The molecule has 1 aliphatic rings. The molecular weight excluding hydrogens is 232 g/mol. The van der Waals surface area contributed by atoms with Gasteiger partial charge in [0.1, 0.15) is 0 Å². The monoisotopic (exact) mass is 260 g/mol. The van der Waals surface area contributed by atoms with Gasteiger partial charge in [0.2, 0.25) is 0 Å². The molecule has 0 amide bonds. The molecule has 2 rings (SSSR count). The van der Waals surface area contributed by atoms with Crippen molar-refractivity contribution in [1.82, 2.24) is 5.32 Å². The summed E-state index contributed by atoms with van der Waals surface area (Å²) in [5.41, 5.74) is 2.81. The third-order valence-corrected chi connectivity index (χ3v) is 4.18. The SMILES string of the molecule is CCNC(CC)c1ccc(N2CCCC(C)C2)cc1. The van der Waals surface area contributed by atoms with Crippen LogP contribution in [0.2, 0.25) is 0 Å². The van der Waals surface area contributed by atoms with Gasteiger partial charge in [0.15, 0.2) is 0 Å². The van der Waals surface area contributed by atoms with Gasteiger partial charge in [0.05, 0.1) is 0 Å². The molecule has 2 unspecified atom stereocenters. The summed E-state index contributed by atoms with van der Waals surface area (Å²) in [7, 11) is 0. The molecule has 1 aromatic rings. The smallest absolute Gasteiger partial charge is 0.0366 e. The molecule has 2 nitrogen and oxygen atoms in total. The Balaban J connectivity index is 2.04. The third-order valence-electron chi connectivity index (χ3n) is 4.18. The van der Waals surface area contributed by atoms with Crippen molar-refractivity contribution in [1.29, 1.82) is 0 Å². The van der Waals surface area contributed by atoms with Crippen LogP contribution in [0.1, 0.15) is 51.6 Å². The van der Waals surface area contributed by atoms with E-state index in [1.807, 2.05) is 0 Å². The quantitative estimate of drug-likeness (QED) is 0.861. The van der Waals surface area contributed by atoms with Crippen LogP contribution in [0.5, 0.6) is 0 Å². The second-order valence-electron chi connectivity index (χ2n) is 5.80. The summed E-state index contributed by atoms with van der Waals surface area (Å²) in [6.45, 7) is 10.2. The Labute approximate surface area is 118 Å². The molecule has 0 aliphatic carbocycles. The van der Waals surface area contributed by atoms with Crippen molar-refractivity contribution in [3.05, 3.63) is 29.8 Å². The lowest BCUT2D eigenvalue weighted by molar-refractivity contribution is 0.447. The topological polar surface area (TPSA) is 15.3 Å². The molecular formula is C17H28N2. The Hall–Kier alpha value is -1.02. The van der Waals surface area contributed by atoms with Gasteiger partial charge >= 0.3 is 0 Å². The first-order valence-corrected chi connectivity index (χ1v) is 7.82. The molecule has 0 radical (unpaired) electrons. The highest BCUT2D eigenvalue weighted by molar-refractivity contribution is 5.48. The van der Waals surface area contributed by atoms with Crippen molar-refractivity contribution >= 4 is 5.69 Å². The van der Waals surface area contributed by atoms with E-state index in [1.165, 1.54) is 37.2 Å². The van der Waals surface area contributed by atoms with E-state index in [0.717, 1.165) is 18.9 Å². The first kappa shape index (κ1) is 14.4. The normalized spacial score (nSPS) is 21.4. The number of nitrogens with zero attached hydrogens (tertiary/aromatic N) is 1. The van der Waals surface area contributed by atoms with Gasteiger partial charge in [-0.05, 0) is 49.4 Å². The lowest BCUT2D eigenvalue weighted by Crippen LogP contribution is -2.34. The van der Waals surface area contributed by atoms with Crippen LogP contribution in [0.4, 0.5) is 5.69 Å². The summed E-state index contributed by atoms with van der Waals surface area (Å²) in [5, 5.41) is 3.54. The summed E-state index contributed by atoms with van der Waals surface area (Å²) < 4.78 is 0. The van der Waals surface area contributed by atoms with E-state index in [2.05, 4.69) is 55.3 Å². The molecule has 1 fully saturated rings. The average Bonchev–Trinajstić information content (AvgIpc) is 2.45. The number of nitrogens with one attached hydrogen (secondary N) is 1. The molecule has 2 atom stereocenters. The predicted octanol–water partition coefficient (Wildman–Crippen LogP) is 3.98. The molecule has 1 N–H and O–H groups in total. The van der Waals surface area contributed by atoms with Crippen LogP contribution >= 0.6 is 0 Å². The van der Waals surface area contributed by atoms with Crippen molar-refractivity contribution in [3.8, 4) is 0 Å². The molecule has 1 aliphatic heterocycles. The zero-order valence-electron chi connectivity index (χ0n) is 12.7. The fourth-order valence-corrected chi connectivity index (χ4v) is 3.09. The fourth-order valence-electron chi connectivity index (χ4n) is 3.09. The van der Waals surface area contributed by atoms with Gasteiger partial charge in [-0.15, -0.1) is 0 Å². The highest BCUT2D eigenvalue weighted by atomic mass is 15.1. The molecule has 2 heteroatoms. The highest BCUT2D eigenvalue weighted by Gasteiger charge is 2.16. The minimum atomic E-state index is 0.499. The Bertz CT molecular complexity index is 371. The first-order chi connectivity index (χ1) is 9.24. The summed E-state index contributed by atoms with van der Waals surface area (Å²) in [4.78, 5) is 2.53. The van der Waals surface area contributed by atoms with Crippen molar-refractivity contribution in [2.75, 3.05) is 24.5 Å². The number of hydrogen-bond acceptors (Lipinski definition) is 2. The Morgan fingerprint density at radius 3 is 2.58 bits per heavy atom. The third kappa shape index (κ3) is 3.73. The largest absolute Gasteiger partial charge is 0.371 e. The van der Waals surface area contributed by atoms with Crippen LogP contribution in [0.3, 0.4) is 0 Å². The molecule has 1 saturated heterocycles.